The van der Waals surface area contributed by atoms with Crippen LogP contribution in [0.1, 0.15) is 64.0 Å². The Labute approximate surface area is 138 Å². The summed E-state index contributed by atoms with van der Waals surface area (Å²) in [5.41, 5.74) is 2.00. The summed E-state index contributed by atoms with van der Waals surface area (Å²) in [5.74, 6) is 1.37. The van der Waals surface area contributed by atoms with Gasteiger partial charge in [-0.15, -0.1) is 0 Å². The molecule has 0 spiro atoms. The summed E-state index contributed by atoms with van der Waals surface area (Å²) in [6.07, 6.45) is 5.12. The summed E-state index contributed by atoms with van der Waals surface area (Å²) < 4.78 is 0. The molecule has 3 rings (SSSR count). The number of hydrogen-bond acceptors (Lipinski definition) is 4. The van der Waals surface area contributed by atoms with Crippen molar-refractivity contribution in [3.63, 3.8) is 0 Å². The number of aliphatic hydroxyl groups is 1. The van der Waals surface area contributed by atoms with Crippen molar-refractivity contribution in [2.75, 3.05) is 0 Å². The molecule has 0 radical (unpaired) electrons. The highest BCUT2D eigenvalue weighted by molar-refractivity contribution is 5.44. The number of rotatable bonds is 1. The molecule has 2 aliphatic carbocycles. The lowest BCUT2D eigenvalue weighted by Crippen LogP contribution is -2.53. The third-order valence-electron chi connectivity index (χ3n) is 5.82. The van der Waals surface area contributed by atoms with E-state index >= 15 is 0 Å². The Balaban J connectivity index is 2.24. The first-order valence-corrected chi connectivity index (χ1v) is 8.39. The molecule has 3 atom stereocenters. The Morgan fingerprint density at radius 1 is 1.35 bits per heavy atom. The first-order chi connectivity index (χ1) is 10.7. The predicted molar refractivity (Wildman–Crippen MR) is 88.8 cm³/mol. The molecule has 1 aromatic rings. The number of aromatic nitrogens is 2. The number of allylic oxidation sites excluding steroid dienone is 1. The van der Waals surface area contributed by atoms with Crippen molar-refractivity contribution >= 4 is 0 Å². The van der Waals surface area contributed by atoms with E-state index in [1.165, 1.54) is 5.56 Å². The summed E-state index contributed by atoms with van der Waals surface area (Å²) in [6, 6.07) is 2.20. The van der Waals surface area contributed by atoms with Gasteiger partial charge in [0.2, 0.25) is 0 Å². The molecule has 0 bridgehead atoms. The van der Waals surface area contributed by atoms with Crippen LogP contribution in [0.5, 0.6) is 0 Å². The minimum atomic E-state index is -0.710. The van der Waals surface area contributed by atoms with Gasteiger partial charge >= 0.3 is 0 Å². The molecule has 0 saturated carbocycles. The van der Waals surface area contributed by atoms with Gasteiger partial charge < -0.3 is 5.11 Å². The van der Waals surface area contributed by atoms with Crippen LogP contribution >= 0.6 is 0 Å². The van der Waals surface area contributed by atoms with Gasteiger partial charge in [0.1, 0.15) is 5.82 Å². The highest BCUT2D eigenvalue weighted by Gasteiger charge is 2.54. The van der Waals surface area contributed by atoms with Crippen molar-refractivity contribution in [1.29, 1.82) is 5.26 Å². The standard InChI is InChI=1S/C19H25N3O/c1-11(2)17-21-10-12-6-7-14-18(3,4)16(23)13(9-20)8-19(14,5)15(12)22-17/h8,10-11,14,16,23H,6-7H2,1-5H3/t14-,16?,19-/m0/s1. The minimum Gasteiger partial charge on any atom is -0.387 e. The summed E-state index contributed by atoms with van der Waals surface area (Å²) in [5, 5.41) is 20.1. The normalized spacial score (nSPS) is 31.8. The fraction of sp³-hybridized carbons (Fsp3) is 0.632. The zero-order valence-electron chi connectivity index (χ0n) is 14.6. The van der Waals surface area contributed by atoms with Gasteiger partial charge in [0.15, 0.2) is 0 Å². The largest absolute Gasteiger partial charge is 0.387 e. The van der Waals surface area contributed by atoms with Crippen LogP contribution in [0, 0.1) is 22.7 Å². The summed E-state index contributed by atoms with van der Waals surface area (Å²) in [6.45, 7) is 10.5. The van der Waals surface area contributed by atoms with Crippen LogP contribution in [0.2, 0.25) is 0 Å². The smallest absolute Gasteiger partial charge is 0.131 e. The SMILES string of the molecule is CC(C)c1ncc2c(n1)[C@@]1(C)C=C(C#N)C(O)C(C)(C)[C@@H]1CC2. The molecular weight excluding hydrogens is 286 g/mol. The van der Waals surface area contributed by atoms with Crippen molar-refractivity contribution < 1.29 is 5.11 Å². The molecular formula is C19H25N3O. The van der Waals surface area contributed by atoms with Gasteiger partial charge in [-0.2, -0.15) is 5.26 Å². The number of hydrogen-bond donors (Lipinski definition) is 1. The number of aliphatic hydroxyl groups excluding tert-OH is 1. The molecule has 1 heterocycles. The lowest BCUT2D eigenvalue weighted by Gasteiger charge is -2.53. The van der Waals surface area contributed by atoms with Gasteiger partial charge in [0, 0.05) is 17.5 Å². The molecule has 1 N–H and O–H groups in total. The fourth-order valence-corrected chi connectivity index (χ4v) is 4.51. The van der Waals surface area contributed by atoms with Crippen LogP contribution in [0.25, 0.3) is 0 Å². The van der Waals surface area contributed by atoms with Crippen molar-refractivity contribution in [3.05, 3.63) is 34.9 Å². The average Bonchev–Trinajstić information content (AvgIpc) is 2.50. The van der Waals surface area contributed by atoms with Gasteiger partial charge in [-0.25, -0.2) is 9.97 Å². The molecule has 1 aromatic heterocycles. The third kappa shape index (κ3) is 2.21. The first kappa shape index (κ1) is 16.1. The summed E-state index contributed by atoms with van der Waals surface area (Å²) >= 11 is 0. The molecule has 0 aromatic carbocycles. The van der Waals surface area contributed by atoms with E-state index in [-0.39, 0.29) is 22.7 Å². The lowest BCUT2D eigenvalue weighted by atomic mass is 9.52. The van der Waals surface area contributed by atoms with Crippen LogP contribution in [-0.2, 0) is 11.8 Å². The molecule has 4 nitrogen and oxygen atoms in total. The van der Waals surface area contributed by atoms with Crippen molar-refractivity contribution in [3.8, 4) is 6.07 Å². The number of nitriles is 1. The monoisotopic (exact) mass is 311 g/mol. The molecule has 23 heavy (non-hydrogen) atoms. The number of nitrogens with zero attached hydrogens (tertiary/aromatic N) is 3. The van der Waals surface area contributed by atoms with Crippen LogP contribution in [0.4, 0.5) is 0 Å². The van der Waals surface area contributed by atoms with Gasteiger partial charge in [-0.05, 0) is 29.7 Å². The van der Waals surface area contributed by atoms with Crippen molar-refractivity contribution in [2.45, 2.75) is 64.9 Å². The van der Waals surface area contributed by atoms with Crippen molar-refractivity contribution in [1.82, 2.24) is 9.97 Å². The Hall–Kier alpha value is -1.73. The molecule has 2 aliphatic rings. The summed E-state index contributed by atoms with van der Waals surface area (Å²) in [4.78, 5) is 9.39. The van der Waals surface area contributed by atoms with E-state index in [9.17, 15) is 10.4 Å². The van der Waals surface area contributed by atoms with Crippen LogP contribution < -0.4 is 0 Å². The Bertz CT molecular complexity index is 714. The second-order valence-corrected chi connectivity index (χ2v) is 8.07. The maximum absolute atomic E-state index is 10.6. The highest BCUT2D eigenvalue weighted by Crippen LogP contribution is 2.55. The third-order valence-corrected chi connectivity index (χ3v) is 5.82. The van der Waals surface area contributed by atoms with Gasteiger partial charge in [-0.3, -0.25) is 0 Å². The maximum Gasteiger partial charge on any atom is 0.131 e. The van der Waals surface area contributed by atoms with Crippen LogP contribution in [0.3, 0.4) is 0 Å². The number of aryl methyl sites for hydroxylation is 1. The molecule has 122 valence electrons. The second-order valence-electron chi connectivity index (χ2n) is 8.07. The zero-order valence-corrected chi connectivity index (χ0v) is 14.6. The quantitative estimate of drug-likeness (QED) is 0.864. The molecule has 0 aliphatic heterocycles. The molecule has 0 amide bonds. The van der Waals surface area contributed by atoms with Gasteiger partial charge in [-0.1, -0.05) is 40.7 Å². The molecule has 1 unspecified atom stereocenters. The zero-order chi connectivity index (χ0) is 17.0. The topological polar surface area (TPSA) is 69.8 Å². The Kier molecular flexibility index (Phi) is 3.61. The van der Waals surface area contributed by atoms with Crippen LogP contribution in [-0.4, -0.2) is 21.2 Å². The molecule has 0 saturated heterocycles. The van der Waals surface area contributed by atoms with Crippen LogP contribution in [0.15, 0.2) is 17.8 Å². The summed E-state index contributed by atoms with van der Waals surface area (Å²) in [7, 11) is 0. The van der Waals surface area contributed by atoms with E-state index in [1.807, 2.05) is 12.3 Å². The molecule has 0 fully saturated rings. The number of fused-ring (bicyclic) bond motifs is 3. The van der Waals surface area contributed by atoms with E-state index in [0.717, 1.165) is 24.4 Å². The average molecular weight is 311 g/mol. The lowest BCUT2D eigenvalue weighted by molar-refractivity contribution is -0.0105. The van der Waals surface area contributed by atoms with E-state index in [0.29, 0.717) is 5.57 Å². The Morgan fingerprint density at radius 3 is 2.65 bits per heavy atom. The van der Waals surface area contributed by atoms with E-state index in [4.69, 9.17) is 4.98 Å². The first-order valence-electron chi connectivity index (χ1n) is 8.39. The predicted octanol–water partition coefficient (Wildman–Crippen LogP) is 3.27. The highest BCUT2D eigenvalue weighted by atomic mass is 16.3. The van der Waals surface area contributed by atoms with Gasteiger partial charge in [0.05, 0.1) is 23.4 Å². The van der Waals surface area contributed by atoms with E-state index in [2.05, 4.69) is 45.7 Å². The molecule has 4 heteroatoms. The fourth-order valence-electron chi connectivity index (χ4n) is 4.51. The second kappa shape index (κ2) is 5.14. The van der Waals surface area contributed by atoms with Gasteiger partial charge in [0.25, 0.3) is 0 Å². The maximum atomic E-state index is 10.6. The van der Waals surface area contributed by atoms with E-state index < -0.39 is 6.10 Å². The minimum absolute atomic E-state index is 0.254. The Morgan fingerprint density at radius 2 is 2.04 bits per heavy atom. The van der Waals surface area contributed by atoms with Crippen molar-refractivity contribution in [2.24, 2.45) is 11.3 Å². The van der Waals surface area contributed by atoms with E-state index in [1.54, 1.807) is 0 Å².